The van der Waals surface area contributed by atoms with Crippen molar-refractivity contribution in [2.24, 2.45) is 5.92 Å². The molecule has 2 amide bonds. The minimum Gasteiger partial charge on any atom is -0.353 e. The van der Waals surface area contributed by atoms with Crippen molar-refractivity contribution in [1.29, 1.82) is 0 Å². The van der Waals surface area contributed by atoms with Gasteiger partial charge in [-0.05, 0) is 45.1 Å². The number of nitrogens with one attached hydrogen (secondary N) is 1. The second-order valence-corrected chi connectivity index (χ2v) is 8.65. The highest BCUT2D eigenvalue weighted by atomic mass is 16.2. The summed E-state index contributed by atoms with van der Waals surface area (Å²) in [4.78, 5) is 29.8. The van der Waals surface area contributed by atoms with Crippen LogP contribution >= 0.6 is 0 Å². The number of amides is 2. The average molecular weight is 348 g/mol. The highest BCUT2D eigenvalue weighted by Gasteiger charge is 2.39. The van der Waals surface area contributed by atoms with Crippen molar-refractivity contribution in [3.63, 3.8) is 0 Å². The fourth-order valence-corrected chi connectivity index (χ4v) is 5.50. The Kier molecular flexibility index (Phi) is 5.30. The Balaban J connectivity index is 1.29. The van der Waals surface area contributed by atoms with Crippen LogP contribution in [0.5, 0.6) is 0 Å². The minimum absolute atomic E-state index is 0.126. The number of fused-ring (bicyclic) bond motifs is 1. The summed E-state index contributed by atoms with van der Waals surface area (Å²) in [5.41, 5.74) is 0. The fourth-order valence-electron chi connectivity index (χ4n) is 5.50. The summed E-state index contributed by atoms with van der Waals surface area (Å²) in [7, 11) is 0. The Morgan fingerprint density at radius 2 is 1.68 bits per heavy atom. The Morgan fingerprint density at radius 1 is 0.920 bits per heavy atom. The normalized spacial score (nSPS) is 34.8. The molecule has 5 heteroatoms. The van der Waals surface area contributed by atoms with Crippen molar-refractivity contribution in [2.75, 3.05) is 19.6 Å². The van der Waals surface area contributed by atoms with Crippen LogP contribution in [-0.2, 0) is 9.59 Å². The molecule has 1 N–H and O–H groups in total. The summed E-state index contributed by atoms with van der Waals surface area (Å²) in [5, 5.41) is 3.29. The summed E-state index contributed by atoms with van der Waals surface area (Å²) in [6, 6.07) is 1.37. The van der Waals surface area contributed by atoms with Crippen molar-refractivity contribution >= 4 is 11.8 Å². The Hall–Kier alpha value is -1.10. The van der Waals surface area contributed by atoms with E-state index >= 15 is 0 Å². The zero-order chi connectivity index (χ0) is 17.2. The number of carbonyl (C=O) groups is 2. The molecule has 1 saturated carbocycles. The molecule has 0 spiro atoms. The largest absolute Gasteiger partial charge is 0.353 e. The van der Waals surface area contributed by atoms with Crippen molar-refractivity contribution in [3.05, 3.63) is 0 Å². The van der Waals surface area contributed by atoms with Crippen molar-refractivity contribution in [3.8, 4) is 0 Å². The van der Waals surface area contributed by atoms with E-state index in [2.05, 4.69) is 10.2 Å². The lowest BCUT2D eigenvalue weighted by Gasteiger charge is -2.35. The first-order chi connectivity index (χ1) is 12.2. The van der Waals surface area contributed by atoms with Gasteiger partial charge in [-0.1, -0.05) is 25.7 Å². The maximum absolute atomic E-state index is 12.7. The van der Waals surface area contributed by atoms with Crippen molar-refractivity contribution in [1.82, 2.24) is 15.1 Å². The molecular formula is C20H33N3O2. The highest BCUT2D eigenvalue weighted by molar-refractivity contribution is 5.89. The standard InChI is InChI=1S/C20H33N3O2/c24-19-12-15(14-23(19)17-6-3-1-2-4-7-17)20(25)21-16-9-11-22-10-5-8-18(22)13-16/h15-18H,1-14H2,(H,21,25)/t15-,16-,18-/m1/s1. The molecule has 0 aromatic heterocycles. The molecule has 1 aliphatic carbocycles. The molecule has 3 saturated heterocycles. The van der Waals surface area contributed by atoms with Crippen LogP contribution in [0.3, 0.4) is 0 Å². The molecule has 0 aromatic carbocycles. The molecule has 25 heavy (non-hydrogen) atoms. The number of rotatable bonds is 3. The SMILES string of the molecule is O=C(N[C@@H]1CCN2CCC[C@@H]2C1)[C@@H]1CC(=O)N(C2CCCCCC2)C1. The average Bonchev–Trinajstić information content (AvgIpc) is 3.13. The van der Waals surface area contributed by atoms with E-state index in [-0.39, 0.29) is 17.7 Å². The van der Waals surface area contributed by atoms with Gasteiger partial charge < -0.3 is 15.1 Å². The Bertz CT molecular complexity index is 501. The van der Waals surface area contributed by atoms with E-state index in [9.17, 15) is 9.59 Å². The van der Waals surface area contributed by atoms with Crippen LogP contribution < -0.4 is 5.32 Å². The second-order valence-electron chi connectivity index (χ2n) is 8.65. The molecule has 0 radical (unpaired) electrons. The van der Waals surface area contributed by atoms with E-state index in [4.69, 9.17) is 0 Å². The molecule has 4 aliphatic rings. The van der Waals surface area contributed by atoms with Gasteiger partial charge in [-0.2, -0.15) is 0 Å². The molecule has 0 aromatic rings. The monoisotopic (exact) mass is 347 g/mol. The first-order valence-corrected chi connectivity index (χ1v) is 10.5. The van der Waals surface area contributed by atoms with Crippen LogP contribution in [0.15, 0.2) is 0 Å². The van der Waals surface area contributed by atoms with Gasteiger partial charge in [0.05, 0.1) is 5.92 Å². The van der Waals surface area contributed by atoms with Crippen LogP contribution in [0.1, 0.15) is 70.6 Å². The summed E-state index contributed by atoms with van der Waals surface area (Å²) < 4.78 is 0. The molecule has 3 atom stereocenters. The third kappa shape index (κ3) is 3.86. The quantitative estimate of drug-likeness (QED) is 0.797. The van der Waals surface area contributed by atoms with Gasteiger partial charge in [0.1, 0.15) is 0 Å². The fraction of sp³-hybridized carbons (Fsp3) is 0.900. The van der Waals surface area contributed by atoms with E-state index in [0.717, 1.165) is 32.2 Å². The van der Waals surface area contributed by atoms with E-state index in [1.165, 1.54) is 45.1 Å². The van der Waals surface area contributed by atoms with E-state index in [1.54, 1.807) is 0 Å². The van der Waals surface area contributed by atoms with Gasteiger partial charge in [0.15, 0.2) is 0 Å². The molecule has 0 unspecified atom stereocenters. The predicted molar refractivity (Wildman–Crippen MR) is 97.1 cm³/mol. The zero-order valence-corrected chi connectivity index (χ0v) is 15.4. The Morgan fingerprint density at radius 3 is 2.48 bits per heavy atom. The number of piperidine rings is 1. The van der Waals surface area contributed by atoms with Crippen LogP contribution in [0.2, 0.25) is 0 Å². The molecule has 4 fully saturated rings. The van der Waals surface area contributed by atoms with Gasteiger partial charge in [-0.25, -0.2) is 0 Å². The van der Waals surface area contributed by atoms with Gasteiger partial charge in [-0.3, -0.25) is 9.59 Å². The maximum Gasteiger partial charge on any atom is 0.225 e. The van der Waals surface area contributed by atoms with Crippen LogP contribution in [0.4, 0.5) is 0 Å². The van der Waals surface area contributed by atoms with E-state index < -0.39 is 0 Å². The highest BCUT2D eigenvalue weighted by Crippen LogP contribution is 2.30. The number of hydrogen-bond donors (Lipinski definition) is 1. The van der Waals surface area contributed by atoms with Crippen molar-refractivity contribution < 1.29 is 9.59 Å². The molecule has 0 bridgehead atoms. The first-order valence-electron chi connectivity index (χ1n) is 10.5. The van der Waals surface area contributed by atoms with Crippen LogP contribution in [0.25, 0.3) is 0 Å². The van der Waals surface area contributed by atoms with Gasteiger partial charge in [-0.15, -0.1) is 0 Å². The third-order valence-electron chi connectivity index (χ3n) is 6.96. The lowest BCUT2D eigenvalue weighted by Crippen LogP contribution is -2.49. The van der Waals surface area contributed by atoms with Gasteiger partial charge >= 0.3 is 0 Å². The van der Waals surface area contributed by atoms with Crippen molar-refractivity contribution in [2.45, 2.75) is 88.8 Å². The van der Waals surface area contributed by atoms with Crippen LogP contribution in [0, 0.1) is 5.92 Å². The van der Waals surface area contributed by atoms with Crippen LogP contribution in [-0.4, -0.2) is 59.4 Å². The maximum atomic E-state index is 12.7. The van der Waals surface area contributed by atoms with E-state index in [1.807, 2.05) is 4.90 Å². The number of nitrogens with zero attached hydrogens (tertiary/aromatic N) is 2. The first kappa shape index (κ1) is 17.3. The van der Waals surface area contributed by atoms with Gasteiger partial charge in [0, 0.05) is 37.6 Å². The number of likely N-dealkylation sites (tertiary alicyclic amines) is 1. The lowest BCUT2D eigenvalue weighted by molar-refractivity contribution is -0.130. The summed E-state index contributed by atoms with van der Waals surface area (Å²) in [5.74, 6) is 0.205. The smallest absolute Gasteiger partial charge is 0.225 e. The number of carbonyl (C=O) groups excluding carboxylic acids is 2. The van der Waals surface area contributed by atoms with E-state index in [0.29, 0.717) is 31.1 Å². The zero-order valence-electron chi connectivity index (χ0n) is 15.4. The molecule has 5 nitrogen and oxygen atoms in total. The molecule has 3 heterocycles. The third-order valence-corrected chi connectivity index (χ3v) is 6.96. The lowest BCUT2D eigenvalue weighted by atomic mass is 9.96. The summed E-state index contributed by atoms with van der Waals surface area (Å²) in [6.07, 6.45) is 12.5. The topological polar surface area (TPSA) is 52.7 Å². The predicted octanol–water partition coefficient (Wildman–Crippen LogP) is 2.30. The number of hydrogen-bond acceptors (Lipinski definition) is 3. The Labute approximate surface area is 151 Å². The minimum atomic E-state index is -0.127. The molecule has 4 rings (SSSR count). The molecular weight excluding hydrogens is 314 g/mol. The second kappa shape index (κ2) is 7.65. The molecule has 3 aliphatic heterocycles. The summed E-state index contributed by atoms with van der Waals surface area (Å²) >= 11 is 0. The van der Waals surface area contributed by atoms with Gasteiger partial charge in [0.2, 0.25) is 11.8 Å². The summed E-state index contributed by atoms with van der Waals surface area (Å²) in [6.45, 7) is 3.00. The van der Waals surface area contributed by atoms with Gasteiger partial charge in [0.25, 0.3) is 0 Å². The molecule has 140 valence electrons.